The molecule has 7 nitrogen and oxygen atoms in total. The van der Waals surface area contributed by atoms with Gasteiger partial charge in [-0.25, -0.2) is 0 Å². The Labute approximate surface area is 136 Å². The van der Waals surface area contributed by atoms with E-state index >= 15 is 0 Å². The van der Waals surface area contributed by atoms with Gasteiger partial charge in [0, 0.05) is 14.1 Å². The van der Waals surface area contributed by atoms with Crippen LogP contribution in [0.2, 0.25) is 0 Å². The highest BCUT2D eigenvalue weighted by molar-refractivity contribution is 5.89. The number of nitrogens with zero attached hydrogens (tertiary/aromatic N) is 1. The van der Waals surface area contributed by atoms with E-state index in [1.54, 1.807) is 52.2 Å². The van der Waals surface area contributed by atoms with Crippen LogP contribution in [-0.2, 0) is 19.9 Å². The van der Waals surface area contributed by atoms with Crippen molar-refractivity contribution in [2.45, 2.75) is 25.4 Å². The summed E-state index contributed by atoms with van der Waals surface area (Å²) in [5, 5.41) is 5.45. The second-order valence-corrected chi connectivity index (χ2v) is 5.73. The van der Waals surface area contributed by atoms with E-state index in [1.165, 1.54) is 4.90 Å². The number of hydrogen-bond donors (Lipinski definition) is 3. The summed E-state index contributed by atoms with van der Waals surface area (Å²) < 4.78 is 0. The third-order valence-corrected chi connectivity index (χ3v) is 3.64. The Kier molecular flexibility index (Phi) is 6.27. The summed E-state index contributed by atoms with van der Waals surface area (Å²) in [5.74, 6) is -1.19. The molecule has 7 heteroatoms. The van der Waals surface area contributed by atoms with Crippen LogP contribution in [0.4, 0.5) is 0 Å². The molecule has 0 aliphatic rings. The number of likely N-dealkylation sites (N-methyl/N-ethyl adjacent to an activating group) is 1. The first-order chi connectivity index (χ1) is 10.7. The van der Waals surface area contributed by atoms with Gasteiger partial charge < -0.3 is 16.0 Å². The number of carbonyl (C=O) groups excluding carboxylic acids is 3. The van der Waals surface area contributed by atoms with Crippen LogP contribution in [0.1, 0.15) is 19.4 Å². The molecule has 23 heavy (non-hydrogen) atoms. The number of primary amides is 1. The number of hydrogen-bond acceptors (Lipinski definition) is 4. The number of carbonyl (C=O) groups is 3. The van der Waals surface area contributed by atoms with Crippen LogP contribution in [0.25, 0.3) is 0 Å². The highest BCUT2D eigenvalue weighted by Gasteiger charge is 2.33. The summed E-state index contributed by atoms with van der Waals surface area (Å²) in [6.45, 7) is 3.08. The molecule has 0 radical (unpaired) electrons. The van der Waals surface area contributed by atoms with Crippen molar-refractivity contribution >= 4 is 17.7 Å². The molecule has 0 aliphatic heterocycles. The molecule has 1 rings (SSSR count). The Morgan fingerprint density at radius 2 is 1.78 bits per heavy atom. The maximum absolute atomic E-state index is 12.0. The molecule has 0 bridgehead atoms. The second kappa shape index (κ2) is 7.73. The van der Waals surface area contributed by atoms with E-state index in [9.17, 15) is 14.4 Å². The molecule has 0 aliphatic carbocycles. The van der Waals surface area contributed by atoms with Crippen LogP contribution >= 0.6 is 0 Å². The summed E-state index contributed by atoms with van der Waals surface area (Å²) in [6.07, 6.45) is 0. The lowest BCUT2D eigenvalue weighted by Crippen LogP contribution is -2.54. The number of benzene rings is 1. The van der Waals surface area contributed by atoms with Gasteiger partial charge in [0.2, 0.25) is 17.7 Å². The van der Waals surface area contributed by atoms with Crippen LogP contribution in [0, 0.1) is 0 Å². The lowest BCUT2D eigenvalue weighted by Gasteiger charge is -2.28. The first-order valence-corrected chi connectivity index (χ1v) is 7.29. The van der Waals surface area contributed by atoms with Crippen molar-refractivity contribution in [2.24, 2.45) is 5.73 Å². The van der Waals surface area contributed by atoms with Gasteiger partial charge in [-0.15, -0.1) is 0 Å². The van der Waals surface area contributed by atoms with Crippen molar-refractivity contribution < 1.29 is 14.4 Å². The third-order valence-electron chi connectivity index (χ3n) is 3.64. The summed E-state index contributed by atoms with van der Waals surface area (Å²) in [5.41, 5.74) is 4.98. The van der Waals surface area contributed by atoms with Gasteiger partial charge in [0.05, 0.1) is 6.54 Å². The van der Waals surface area contributed by atoms with E-state index in [4.69, 9.17) is 5.73 Å². The minimum atomic E-state index is -1.17. The van der Waals surface area contributed by atoms with E-state index < -0.39 is 23.4 Å². The number of nitrogens with one attached hydrogen (secondary N) is 2. The maximum atomic E-state index is 12.0. The lowest BCUT2D eigenvalue weighted by atomic mass is 9.91. The van der Waals surface area contributed by atoms with Crippen molar-refractivity contribution in [1.82, 2.24) is 15.5 Å². The molecule has 0 spiro atoms. The predicted octanol–water partition coefficient (Wildman–Crippen LogP) is -0.430. The minimum absolute atomic E-state index is 0.140. The monoisotopic (exact) mass is 320 g/mol. The first kappa shape index (κ1) is 18.6. The van der Waals surface area contributed by atoms with Crippen molar-refractivity contribution in [3.05, 3.63) is 35.9 Å². The fourth-order valence-electron chi connectivity index (χ4n) is 2.10. The zero-order valence-electron chi connectivity index (χ0n) is 13.9. The molecule has 2 unspecified atom stereocenters. The van der Waals surface area contributed by atoms with Crippen molar-refractivity contribution in [3.63, 3.8) is 0 Å². The number of rotatable bonds is 7. The topological polar surface area (TPSA) is 105 Å². The Hall–Kier alpha value is -2.41. The Morgan fingerprint density at radius 1 is 1.22 bits per heavy atom. The average Bonchev–Trinajstić information content (AvgIpc) is 2.52. The van der Waals surface area contributed by atoms with Crippen LogP contribution in [0.15, 0.2) is 30.3 Å². The highest BCUT2D eigenvalue weighted by Crippen LogP contribution is 2.19. The van der Waals surface area contributed by atoms with Crippen LogP contribution in [-0.4, -0.2) is 49.3 Å². The molecule has 1 aromatic rings. The predicted molar refractivity (Wildman–Crippen MR) is 87.3 cm³/mol. The van der Waals surface area contributed by atoms with E-state index in [1.807, 2.05) is 6.07 Å². The second-order valence-electron chi connectivity index (χ2n) is 5.73. The lowest BCUT2D eigenvalue weighted by molar-refractivity contribution is -0.134. The summed E-state index contributed by atoms with van der Waals surface area (Å²) >= 11 is 0. The molecular formula is C16H24N4O3. The number of amides is 3. The van der Waals surface area contributed by atoms with Gasteiger partial charge in [0.25, 0.3) is 0 Å². The van der Waals surface area contributed by atoms with Gasteiger partial charge in [0.1, 0.15) is 11.6 Å². The molecule has 1 aromatic carbocycles. The van der Waals surface area contributed by atoms with Gasteiger partial charge in [-0.3, -0.25) is 19.7 Å². The molecule has 0 saturated carbocycles. The van der Waals surface area contributed by atoms with Crippen LogP contribution in [0.5, 0.6) is 0 Å². The molecule has 3 amide bonds. The summed E-state index contributed by atoms with van der Waals surface area (Å²) in [7, 11) is 3.23. The summed E-state index contributed by atoms with van der Waals surface area (Å²) in [6, 6.07) is 8.27. The normalized spacial score (nSPS) is 14.4. The van der Waals surface area contributed by atoms with E-state index in [-0.39, 0.29) is 12.5 Å². The van der Waals surface area contributed by atoms with E-state index in [2.05, 4.69) is 10.6 Å². The van der Waals surface area contributed by atoms with Gasteiger partial charge in [0.15, 0.2) is 0 Å². The minimum Gasteiger partial charge on any atom is -0.368 e. The van der Waals surface area contributed by atoms with E-state index in [0.29, 0.717) is 5.56 Å². The molecular weight excluding hydrogens is 296 g/mol. The van der Waals surface area contributed by atoms with E-state index in [0.717, 1.165) is 0 Å². The van der Waals surface area contributed by atoms with Gasteiger partial charge in [-0.05, 0) is 19.4 Å². The molecule has 4 N–H and O–H groups in total. The zero-order chi connectivity index (χ0) is 17.6. The maximum Gasteiger partial charge on any atom is 0.244 e. The molecule has 0 heterocycles. The van der Waals surface area contributed by atoms with Crippen molar-refractivity contribution in [3.8, 4) is 0 Å². The fourth-order valence-corrected chi connectivity index (χ4v) is 2.10. The van der Waals surface area contributed by atoms with Gasteiger partial charge in [-0.1, -0.05) is 30.3 Å². The molecule has 0 fully saturated rings. The number of nitrogens with two attached hydrogens (primary N) is 1. The van der Waals surface area contributed by atoms with Crippen LogP contribution in [0.3, 0.4) is 0 Å². The quantitative estimate of drug-likeness (QED) is 0.634. The Balaban J connectivity index is 2.72. The molecule has 126 valence electrons. The smallest absolute Gasteiger partial charge is 0.244 e. The average molecular weight is 320 g/mol. The van der Waals surface area contributed by atoms with Crippen LogP contribution < -0.4 is 16.4 Å². The fraction of sp³-hybridized carbons (Fsp3) is 0.438. The van der Waals surface area contributed by atoms with Gasteiger partial charge >= 0.3 is 0 Å². The standard InChI is InChI=1S/C16H24N4O3/c1-11(14(22)20(3)4)19-13(21)10-18-16(2,15(17)23)12-8-6-5-7-9-12/h5-9,11,18H,10H2,1-4H3,(H2,17,23)(H,19,21). The Morgan fingerprint density at radius 3 is 2.26 bits per heavy atom. The van der Waals surface area contributed by atoms with Crippen molar-refractivity contribution in [2.75, 3.05) is 20.6 Å². The molecule has 2 atom stereocenters. The van der Waals surface area contributed by atoms with Gasteiger partial charge in [-0.2, -0.15) is 0 Å². The first-order valence-electron chi connectivity index (χ1n) is 7.29. The molecule has 0 aromatic heterocycles. The SMILES string of the molecule is CC(NC(=O)CNC(C)(C(N)=O)c1ccccc1)C(=O)N(C)C. The summed E-state index contributed by atoms with van der Waals surface area (Å²) in [4.78, 5) is 36.9. The largest absolute Gasteiger partial charge is 0.368 e. The molecule has 0 saturated heterocycles. The third kappa shape index (κ3) is 4.79. The highest BCUT2D eigenvalue weighted by atomic mass is 16.2. The Bertz CT molecular complexity index is 574. The zero-order valence-corrected chi connectivity index (χ0v) is 13.9. The van der Waals surface area contributed by atoms with Crippen molar-refractivity contribution in [1.29, 1.82) is 0 Å².